The van der Waals surface area contributed by atoms with E-state index in [1.54, 1.807) is 28.4 Å². The Labute approximate surface area is 324 Å². The molecular formula is C46H50N2O7+2. The van der Waals surface area contributed by atoms with E-state index in [0.717, 1.165) is 82.9 Å². The van der Waals surface area contributed by atoms with Crippen molar-refractivity contribution < 1.29 is 42.3 Å². The van der Waals surface area contributed by atoms with Crippen LogP contribution in [-0.4, -0.2) is 102 Å². The Hall–Kier alpha value is -5.90. The first-order valence-electron chi connectivity index (χ1n) is 18.5. The smallest absolute Gasteiger partial charge is 0.207 e. The van der Waals surface area contributed by atoms with E-state index in [9.17, 15) is 0 Å². The molecule has 0 unspecified atom stereocenters. The summed E-state index contributed by atoms with van der Waals surface area (Å²) < 4.78 is 44.8. The number of rotatable bonds is 14. The van der Waals surface area contributed by atoms with E-state index < -0.39 is 0 Å². The summed E-state index contributed by atoms with van der Waals surface area (Å²) in [6.45, 7) is 5.91. The van der Waals surface area contributed by atoms with Crippen molar-refractivity contribution in [3.05, 3.63) is 156 Å². The van der Waals surface area contributed by atoms with Gasteiger partial charge in [-0.05, 0) is 109 Å². The highest BCUT2D eigenvalue weighted by molar-refractivity contribution is 6.06. The van der Waals surface area contributed by atoms with E-state index >= 15 is 0 Å². The van der Waals surface area contributed by atoms with Gasteiger partial charge in [-0.3, -0.25) is 0 Å². The number of hydrogen-bond acceptors (Lipinski definition) is 7. The zero-order valence-electron chi connectivity index (χ0n) is 32.1. The molecule has 55 heavy (non-hydrogen) atoms. The number of hydrogen-bond donors (Lipinski definition) is 0. The topological polar surface area (TPSA) is 70.6 Å². The molecule has 4 aromatic carbocycles. The van der Waals surface area contributed by atoms with Gasteiger partial charge in [-0.1, -0.05) is 12.2 Å². The summed E-state index contributed by atoms with van der Waals surface area (Å²) in [5, 5.41) is 0. The molecule has 2 fully saturated rings. The molecule has 2 saturated heterocycles. The van der Waals surface area contributed by atoms with Crippen molar-refractivity contribution in [1.29, 1.82) is 0 Å². The zero-order chi connectivity index (χ0) is 38.2. The maximum absolute atomic E-state index is 6.92. The minimum absolute atomic E-state index is 0.665. The summed E-state index contributed by atoms with van der Waals surface area (Å²) in [4.78, 5) is 0. The summed E-state index contributed by atoms with van der Waals surface area (Å²) in [6.07, 6.45) is 12.4. The third-order valence-electron chi connectivity index (χ3n) is 9.45. The first-order valence-corrected chi connectivity index (χ1v) is 18.5. The predicted octanol–water partition coefficient (Wildman–Crippen LogP) is 7.30. The van der Waals surface area contributed by atoms with Crippen LogP contribution in [0.5, 0.6) is 23.0 Å². The molecule has 0 aromatic heterocycles. The van der Waals surface area contributed by atoms with Crippen molar-refractivity contribution in [3.8, 4) is 23.0 Å². The van der Waals surface area contributed by atoms with Crippen LogP contribution in [0.15, 0.2) is 134 Å². The molecule has 9 heteroatoms. The molecule has 0 spiro atoms. The Balaban J connectivity index is 1.41. The van der Waals surface area contributed by atoms with Gasteiger partial charge in [-0.2, -0.15) is 0 Å². The molecule has 6 rings (SSSR count). The normalized spacial score (nSPS) is 15.3. The molecule has 2 heterocycles. The van der Waals surface area contributed by atoms with Crippen molar-refractivity contribution in [2.45, 2.75) is 0 Å². The zero-order valence-corrected chi connectivity index (χ0v) is 32.1. The SMILES string of the molecule is COc1ccc(C(/C=C/C=C(/O/C(=C/C=C/C(c2ccc(OC)cc2)=[N+]2CCOCC2)c2ccc(OC)cc2)c2ccc(OC)cc2)=[N+]2CCOCC2)cc1. The molecule has 0 atom stereocenters. The standard InChI is InChI=1S/C46H50N2O7/c1-49-39-19-11-35(12-20-39)43(47-27-31-53-32-28-47)7-5-9-45(37-15-23-41(51-3)24-16-37)55-46(38-17-25-42(52-4)26-18-38)10-6-8-44(48-29-33-54-34-30-48)36-13-21-40(50-2)22-14-36/h5-26H,27-34H2,1-4H3/q+2/b7-5+,8-6+,45-9+,46-10+. The van der Waals surface area contributed by atoms with Crippen LogP contribution in [0.3, 0.4) is 0 Å². The largest absolute Gasteiger partial charge is 0.497 e. The molecule has 9 nitrogen and oxygen atoms in total. The summed E-state index contributed by atoms with van der Waals surface area (Å²) in [7, 11) is 6.69. The monoisotopic (exact) mass is 742 g/mol. The molecule has 4 aromatic rings. The van der Waals surface area contributed by atoms with Gasteiger partial charge < -0.3 is 33.2 Å². The lowest BCUT2D eigenvalue weighted by molar-refractivity contribution is -0.548. The van der Waals surface area contributed by atoms with Crippen LogP contribution < -0.4 is 18.9 Å². The van der Waals surface area contributed by atoms with E-state index in [0.29, 0.717) is 37.9 Å². The first kappa shape index (κ1) is 38.8. The van der Waals surface area contributed by atoms with Gasteiger partial charge >= 0.3 is 0 Å². The van der Waals surface area contributed by atoms with Gasteiger partial charge in [0.15, 0.2) is 26.2 Å². The van der Waals surface area contributed by atoms with Gasteiger partial charge in [0.2, 0.25) is 11.4 Å². The Morgan fingerprint density at radius 1 is 0.436 bits per heavy atom. The molecule has 0 saturated carbocycles. The number of benzene rings is 4. The second-order valence-electron chi connectivity index (χ2n) is 12.8. The Kier molecular flexibility index (Phi) is 14.1. The molecule has 284 valence electrons. The van der Waals surface area contributed by atoms with E-state index in [-0.39, 0.29) is 0 Å². The fourth-order valence-corrected chi connectivity index (χ4v) is 6.36. The van der Waals surface area contributed by atoms with Crippen molar-refractivity contribution >= 4 is 22.9 Å². The molecule has 0 N–H and O–H groups in total. The summed E-state index contributed by atoms with van der Waals surface area (Å²) in [5.74, 6) is 4.49. The highest BCUT2D eigenvalue weighted by atomic mass is 16.5. The van der Waals surface area contributed by atoms with Crippen molar-refractivity contribution in [1.82, 2.24) is 0 Å². The average Bonchev–Trinajstić information content (AvgIpc) is 3.26. The van der Waals surface area contributed by atoms with Crippen LogP contribution in [-0.2, 0) is 14.2 Å². The van der Waals surface area contributed by atoms with E-state index in [4.69, 9.17) is 33.2 Å². The number of ether oxygens (including phenoxy) is 7. The van der Waals surface area contributed by atoms with Gasteiger partial charge in [0.25, 0.3) is 0 Å². The Morgan fingerprint density at radius 3 is 1.02 bits per heavy atom. The lowest BCUT2D eigenvalue weighted by Crippen LogP contribution is -2.33. The minimum Gasteiger partial charge on any atom is -0.497 e. The average molecular weight is 743 g/mol. The molecule has 0 amide bonds. The maximum atomic E-state index is 6.92. The molecule has 0 aliphatic carbocycles. The fourth-order valence-electron chi connectivity index (χ4n) is 6.36. The van der Waals surface area contributed by atoms with Gasteiger partial charge in [0.1, 0.15) is 60.9 Å². The second kappa shape index (κ2) is 20.0. The number of morpholine rings is 2. The molecule has 2 aliphatic heterocycles. The fraction of sp³-hybridized carbons (Fsp3) is 0.261. The minimum atomic E-state index is 0.665. The van der Waals surface area contributed by atoms with Crippen LogP contribution in [0, 0.1) is 0 Å². The van der Waals surface area contributed by atoms with Crippen LogP contribution >= 0.6 is 0 Å². The van der Waals surface area contributed by atoms with Gasteiger partial charge in [-0.25, -0.2) is 9.15 Å². The number of methoxy groups -OCH3 is 4. The molecule has 0 radical (unpaired) electrons. The van der Waals surface area contributed by atoms with Crippen molar-refractivity contribution in [2.24, 2.45) is 0 Å². The quantitative estimate of drug-likeness (QED) is 0.0764. The van der Waals surface area contributed by atoms with E-state index in [1.165, 1.54) is 0 Å². The highest BCUT2D eigenvalue weighted by Crippen LogP contribution is 2.29. The highest BCUT2D eigenvalue weighted by Gasteiger charge is 2.20. The maximum Gasteiger partial charge on any atom is 0.207 e. The van der Waals surface area contributed by atoms with Crippen LogP contribution in [0.2, 0.25) is 0 Å². The van der Waals surface area contributed by atoms with Gasteiger partial charge in [0, 0.05) is 34.4 Å². The first-order chi connectivity index (χ1) is 27.1. The van der Waals surface area contributed by atoms with Crippen molar-refractivity contribution in [3.63, 3.8) is 0 Å². The van der Waals surface area contributed by atoms with Gasteiger partial charge in [0.05, 0.1) is 28.4 Å². The number of nitrogens with zero attached hydrogens (tertiary/aromatic N) is 2. The molecular weight excluding hydrogens is 693 g/mol. The summed E-state index contributed by atoms with van der Waals surface area (Å²) in [5.41, 5.74) is 6.15. The van der Waals surface area contributed by atoms with E-state index in [2.05, 4.69) is 45.6 Å². The lowest BCUT2D eigenvalue weighted by atomic mass is 10.1. The number of allylic oxidation sites excluding steroid dienone is 6. The van der Waals surface area contributed by atoms with Crippen LogP contribution in [0.1, 0.15) is 22.3 Å². The summed E-state index contributed by atoms with van der Waals surface area (Å²) >= 11 is 0. The lowest BCUT2D eigenvalue weighted by Gasteiger charge is -2.15. The van der Waals surface area contributed by atoms with Crippen molar-refractivity contribution in [2.75, 3.05) is 81.0 Å². The third kappa shape index (κ3) is 10.6. The van der Waals surface area contributed by atoms with E-state index in [1.807, 2.05) is 97.1 Å². The van der Waals surface area contributed by atoms with Crippen LogP contribution in [0.4, 0.5) is 0 Å². The molecule has 2 aliphatic rings. The molecule has 0 bridgehead atoms. The van der Waals surface area contributed by atoms with Crippen LogP contribution in [0.25, 0.3) is 11.5 Å². The third-order valence-corrected chi connectivity index (χ3v) is 9.45. The van der Waals surface area contributed by atoms with Gasteiger partial charge in [-0.15, -0.1) is 0 Å². The summed E-state index contributed by atoms with van der Waals surface area (Å²) in [6, 6.07) is 32.1. The predicted molar refractivity (Wildman–Crippen MR) is 217 cm³/mol. The Morgan fingerprint density at radius 2 is 0.727 bits per heavy atom. The second-order valence-corrected chi connectivity index (χ2v) is 12.8. The Bertz CT molecular complexity index is 1880.